The molecule has 3 aliphatic rings. The van der Waals surface area contributed by atoms with Crippen LogP contribution in [0.25, 0.3) is 0 Å². The molecule has 0 amide bonds. The van der Waals surface area contributed by atoms with E-state index in [1.165, 1.54) is 0 Å². The van der Waals surface area contributed by atoms with Crippen LogP contribution in [0.5, 0.6) is 5.75 Å². The normalized spacial score (nSPS) is 35.8. The molecular weight excluding hydrogens is 400 g/mol. The van der Waals surface area contributed by atoms with E-state index < -0.39 is 21.5 Å². The number of nitrogens with one attached hydrogen (secondary N) is 1. The number of rotatable bonds is 6. The van der Waals surface area contributed by atoms with E-state index in [1.807, 2.05) is 6.07 Å². The van der Waals surface area contributed by atoms with Crippen LogP contribution in [0.4, 0.5) is 0 Å². The van der Waals surface area contributed by atoms with Crippen molar-refractivity contribution in [3.8, 4) is 5.75 Å². The van der Waals surface area contributed by atoms with Crippen molar-refractivity contribution in [3.63, 3.8) is 0 Å². The molecule has 1 aromatic rings. The number of benzene rings is 1. The number of nitrogens with zero attached hydrogens (tertiary/aromatic N) is 1. The topological polar surface area (TPSA) is 99.0 Å². The SMILES string of the molecule is CC1(C)[C@@H]2CC[C@@]1(CS(=O)(=O)N[C@@H]1CCCC[C@H]1N=Cc1ccccc1O)[C@H](O)C2. The van der Waals surface area contributed by atoms with Gasteiger partial charge in [0.25, 0.3) is 0 Å². The smallest absolute Gasteiger partial charge is 0.212 e. The van der Waals surface area contributed by atoms with Crippen molar-refractivity contribution < 1.29 is 18.6 Å². The van der Waals surface area contributed by atoms with Gasteiger partial charge in [0, 0.05) is 23.2 Å². The summed E-state index contributed by atoms with van der Waals surface area (Å²) in [6.07, 6.45) is 7.13. The van der Waals surface area contributed by atoms with Crippen molar-refractivity contribution in [1.29, 1.82) is 0 Å². The van der Waals surface area contributed by atoms with E-state index in [0.717, 1.165) is 38.5 Å². The fourth-order valence-corrected chi connectivity index (χ4v) is 8.40. The summed E-state index contributed by atoms with van der Waals surface area (Å²) >= 11 is 0. The average molecular weight is 435 g/mol. The van der Waals surface area contributed by atoms with Gasteiger partial charge in [0.1, 0.15) is 5.75 Å². The minimum Gasteiger partial charge on any atom is -0.507 e. The first-order valence-corrected chi connectivity index (χ1v) is 12.8. The Labute approximate surface area is 179 Å². The lowest BCUT2D eigenvalue weighted by molar-refractivity contribution is 0.0151. The third-order valence-electron chi connectivity index (χ3n) is 8.24. The van der Waals surface area contributed by atoms with Crippen LogP contribution in [0.2, 0.25) is 0 Å². The second-order valence-corrected chi connectivity index (χ2v) is 11.8. The predicted octanol–water partition coefficient (Wildman–Crippen LogP) is 3.23. The molecule has 6 nitrogen and oxygen atoms in total. The molecule has 0 aliphatic heterocycles. The highest BCUT2D eigenvalue weighted by atomic mass is 32.2. The lowest BCUT2D eigenvalue weighted by atomic mass is 9.70. The summed E-state index contributed by atoms with van der Waals surface area (Å²) in [5.41, 5.74) is -0.0977. The molecule has 0 unspecified atom stereocenters. The highest BCUT2D eigenvalue weighted by Gasteiger charge is 2.65. The van der Waals surface area contributed by atoms with Gasteiger partial charge in [-0.2, -0.15) is 0 Å². The number of hydrogen-bond acceptors (Lipinski definition) is 5. The van der Waals surface area contributed by atoms with Gasteiger partial charge in [-0.05, 0) is 55.6 Å². The maximum absolute atomic E-state index is 13.2. The van der Waals surface area contributed by atoms with Crippen molar-refractivity contribution in [3.05, 3.63) is 29.8 Å². The molecule has 0 saturated heterocycles. The van der Waals surface area contributed by atoms with Gasteiger partial charge < -0.3 is 10.2 Å². The average Bonchev–Trinajstić information content (AvgIpc) is 3.02. The zero-order valence-corrected chi connectivity index (χ0v) is 18.7. The molecule has 7 heteroatoms. The van der Waals surface area contributed by atoms with Crippen molar-refractivity contribution in [2.75, 3.05) is 5.75 Å². The van der Waals surface area contributed by atoms with Gasteiger partial charge in [0.15, 0.2) is 0 Å². The second kappa shape index (κ2) is 7.92. The Morgan fingerprint density at radius 3 is 2.60 bits per heavy atom. The largest absolute Gasteiger partial charge is 0.507 e. The first-order valence-electron chi connectivity index (χ1n) is 11.1. The first-order chi connectivity index (χ1) is 14.1. The number of aliphatic imine (C=N–C) groups is 1. The zero-order chi connectivity index (χ0) is 21.6. The fourth-order valence-electron chi connectivity index (χ4n) is 6.19. The molecule has 0 heterocycles. The number of phenols is 1. The molecule has 166 valence electrons. The van der Waals surface area contributed by atoms with E-state index in [9.17, 15) is 18.6 Å². The molecule has 3 aliphatic carbocycles. The number of hydrogen-bond donors (Lipinski definition) is 3. The van der Waals surface area contributed by atoms with Gasteiger partial charge in [-0.25, -0.2) is 13.1 Å². The molecule has 1 aromatic carbocycles. The van der Waals surface area contributed by atoms with Crippen LogP contribution in [0.15, 0.2) is 29.3 Å². The maximum Gasteiger partial charge on any atom is 0.212 e. The van der Waals surface area contributed by atoms with E-state index in [4.69, 9.17) is 0 Å². The van der Waals surface area contributed by atoms with Crippen molar-refractivity contribution in [2.45, 2.75) is 77.0 Å². The summed E-state index contributed by atoms with van der Waals surface area (Å²) in [5.74, 6) is 0.548. The van der Waals surface area contributed by atoms with Gasteiger partial charge in [-0.15, -0.1) is 0 Å². The predicted molar refractivity (Wildman–Crippen MR) is 118 cm³/mol. The number of aromatic hydroxyl groups is 1. The Bertz CT molecular complexity index is 914. The molecular formula is C23H34N2O4S. The summed E-state index contributed by atoms with van der Waals surface area (Å²) in [4.78, 5) is 4.64. The highest BCUT2D eigenvalue weighted by molar-refractivity contribution is 7.89. The first kappa shape index (κ1) is 21.8. The molecule has 4 rings (SSSR count). The molecule has 0 radical (unpaired) electrons. The summed E-state index contributed by atoms with van der Waals surface area (Å²) in [7, 11) is -3.57. The van der Waals surface area contributed by atoms with Gasteiger partial charge in [-0.3, -0.25) is 4.99 Å². The van der Waals surface area contributed by atoms with Crippen LogP contribution in [-0.2, 0) is 10.0 Å². The third kappa shape index (κ3) is 3.80. The van der Waals surface area contributed by atoms with Crippen LogP contribution in [-0.4, -0.2) is 48.8 Å². The number of fused-ring (bicyclic) bond motifs is 2. The van der Waals surface area contributed by atoms with Crippen molar-refractivity contribution >= 4 is 16.2 Å². The molecule has 5 atom stereocenters. The number of aliphatic hydroxyl groups excluding tert-OH is 1. The van der Waals surface area contributed by atoms with E-state index in [-0.39, 0.29) is 29.0 Å². The van der Waals surface area contributed by atoms with Crippen LogP contribution in [0.1, 0.15) is 64.4 Å². The lowest BCUT2D eigenvalue weighted by Gasteiger charge is -2.41. The van der Waals surface area contributed by atoms with Gasteiger partial charge in [0.2, 0.25) is 10.0 Å². The molecule has 2 bridgehead atoms. The number of para-hydroxylation sites is 1. The summed E-state index contributed by atoms with van der Waals surface area (Å²) < 4.78 is 29.4. The van der Waals surface area contributed by atoms with E-state index >= 15 is 0 Å². The number of aliphatic hydroxyl groups is 1. The van der Waals surface area contributed by atoms with Crippen LogP contribution >= 0.6 is 0 Å². The summed E-state index contributed by atoms with van der Waals surface area (Å²) in [5, 5.41) is 20.7. The molecule has 30 heavy (non-hydrogen) atoms. The van der Waals surface area contributed by atoms with Crippen LogP contribution in [0.3, 0.4) is 0 Å². The van der Waals surface area contributed by atoms with Crippen LogP contribution in [0, 0.1) is 16.7 Å². The number of phenolic OH excluding ortho intramolecular Hbond substituents is 1. The van der Waals surface area contributed by atoms with E-state index in [1.54, 1.807) is 24.4 Å². The van der Waals surface area contributed by atoms with Gasteiger partial charge in [0.05, 0.1) is 17.9 Å². The molecule has 3 saturated carbocycles. The van der Waals surface area contributed by atoms with E-state index in [2.05, 4.69) is 23.6 Å². The van der Waals surface area contributed by atoms with E-state index in [0.29, 0.717) is 17.9 Å². The quantitative estimate of drug-likeness (QED) is 0.599. The lowest BCUT2D eigenvalue weighted by Crippen LogP contribution is -2.51. The standard InChI is InChI=1S/C23H34N2O4S/c1-22(2)17-11-12-23(22,21(27)13-17)15-30(28,29)25-19-9-5-4-8-18(19)24-14-16-7-3-6-10-20(16)26/h3,6-7,10,14,17-19,21,25-27H,4-5,8-9,11-13,15H2,1-2H3/t17-,18-,19-,21-,23-/m1/s1. The minimum atomic E-state index is -3.57. The Hall–Kier alpha value is -1.44. The number of sulfonamides is 1. The Morgan fingerprint density at radius 2 is 1.93 bits per heavy atom. The maximum atomic E-state index is 13.2. The highest BCUT2D eigenvalue weighted by Crippen LogP contribution is 2.66. The Balaban J connectivity index is 1.49. The summed E-state index contributed by atoms with van der Waals surface area (Å²) in [6.45, 7) is 4.24. The van der Waals surface area contributed by atoms with Gasteiger partial charge in [-0.1, -0.05) is 38.8 Å². The Kier molecular flexibility index (Phi) is 5.75. The summed E-state index contributed by atoms with van der Waals surface area (Å²) in [6, 6.07) is 6.61. The molecule has 3 N–H and O–H groups in total. The minimum absolute atomic E-state index is 0.0168. The Morgan fingerprint density at radius 1 is 1.20 bits per heavy atom. The monoisotopic (exact) mass is 434 g/mol. The van der Waals surface area contributed by atoms with Gasteiger partial charge >= 0.3 is 0 Å². The third-order valence-corrected chi connectivity index (χ3v) is 9.80. The van der Waals surface area contributed by atoms with Crippen molar-refractivity contribution in [2.24, 2.45) is 21.7 Å². The van der Waals surface area contributed by atoms with Crippen molar-refractivity contribution in [1.82, 2.24) is 4.72 Å². The molecule has 3 fully saturated rings. The molecule has 0 aromatic heterocycles. The fraction of sp³-hybridized carbons (Fsp3) is 0.696. The second-order valence-electron chi connectivity index (χ2n) is 10.0. The zero-order valence-electron chi connectivity index (χ0n) is 17.9. The molecule has 0 spiro atoms. The van der Waals surface area contributed by atoms with Crippen LogP contribution < -0.4 is 4.72 Å².